The highest BCUT2D eigenvalue weighted by Crippen LogP contribution is 2.60. The quantitative estimate of drug-likeness (QED) is 0.145. The van der Waals surface area contributed by atoms with Gasteiger partial charge in [0.2, 0.25) is 0 Å². The predicted octanol–water partition coefficient (Wildman–Crippen LogP) is 6.96. The van der Waals surface area contributed by atoms with Gasteiger partial charge in [-0.2, -0.15) is 48.3 Å². The third-order valence-corrected chi connectivity index (χ3v) is 4.75. The van der Waals surface area contributed by atoms with Gasteiger partial charge in [-0.05, 0) is 25.7 Å². The lowest BCUT2D eigenvalue weighted by atomic mass is 9.93. The molecule has 0 aliphatic heterocycles. The van der Waals surface area contributed by atoms with Crippen molar-refractivity contribution >= 4 is 0 Å². The molecule has 0 aromatic heterocycles. The lowest BCUT2D eigenvalue weighted by Gasteiger charge is -2.51. The summed E-state index contributed by atoms with van der Waals surface area (Å²) in [4.78, 5) is 0.183. The molecular formula is C18H28F12N2. The van der Waals surface area contributed by atoms with E-state index >= 15 is 13.2 Å². The lowest BCUT2D eigenvalue weighted by Crippen LogP contribution is -2.77. The summed E-state index contributed by atoms with van der Waals surface area (Å²) in [7, 11) is 0. The van der Waals surface area contributed by atoms with Crippen LogP contribution in [0.3, 0.4) is 0 Å². The van der Waals surface area contributed by atoms with Gasteiger partial charge in [0.25, 0.3) is 5.92 Å². The van der Waals surface area contributed by atoms with Gasteiger partial charge in [-0.1, -0.05) is 27.7 Å². The third-order valence-electron chi connectivity index (χ3n) is 4.75. The topological polar surface area (TPSA) is 6.48 Å². The van der Waals surface area contributed by atoms with Crippen molar-refractivity contribution < 1.29 is 52.7 Å². The number of halogens is 12. The molecule has 0 heterocycles. The van der Waals surface area contributed by atoms with Crippen molar-refractivity contribution in [3.8, 4) is 0 Å². The summed E-state index contributed by atoms with van der Waals surface area (Å²) in [6.07, 6.45) is -7.82. The normalized spacial score (nSPS) is 15.2. The summed E-state index contributed by atoms with van der Waals surface area (Å²) >= 11 is 0. The lowest BCUT2D eigenvalue weighted by molar-refractivity contribution is -0.450. The Bertz CT molecular complexity index is 549. The standard InChI is InChI=1S/C18H28F12N2/c1-5-9-31(10-6-2)18(30,32(11-7-3)12-8-4)16(25,26)14(21,22)13(19,20)15(23,24)17(27,28)29/h5-12H2,1-4H3. The molecule has 0 unspecified atom stereocenters. The van der Waals surface area contributed by atoms with E-state index in [4.69, 9.17) is 0 Å². The van der Waals surface area contributed by atoms with Crippen LogP contribution in [0.5, 0.6) is 0 Å². The molecule has 0 amide bonds. The Morgan fingerprint density at radius 1 is 0.406 bits per heavy atom. The highest BCUT2D eigenvalue weighted by molar-refractivity contribution is 5.12. The van der Waals surface area contributed by atoms with Crippen molar-refractivity contribution in [3.63, 3.8) is 0 Å². The number of hydrogen-bond acceptors (Lipinski definition) is 2. The maximum atomic E-state index is 16.1. The van der Waals surface area contributed by atoms with Crippen LogP contribution in [-0.2, 0) is 0 Å². The SMILES string of the molecule is CCCN(CCC)C(F)(N(CCC)CCC)C(F)(F)C(F)(F)C(F)(F)C(F)(F)C(F)(F)F. The second kappa shape index (κ2) is 10.6. The fourth-order valence-corrected chi connectivity index (χ4v) is 3.27. The van der Waals surface area contributed by atoms with Crippen LogP contribution in [0.2, 0.25) is 0 Å². The first-order chi connectivity index (χ1) is 14.3. The summed E-state index contributed by atoms with van der Waals surface area (Å²) in [5, 5.41) is 0. The van der Waals surface area contributed by atoms with Crippen LogP contribution in [-0.4, -0.2) is 71.8 Å². The monoisotopic (exact) mass is 500 g/mol. The van der Waals surface area contributed by atoms with Crippen LogP contribution < -0.4 is 0 Å². The predicted molar refractivity (Wildman–Crippen MR) is 94.0 cm³/mol. The Balaban J connectivity index is 7.07. The molecule has 32 heavy (non-hydrogen) atoms. The first-order valence-electron chi connectivity index (χ1n) is 10.1. The van der Waals surface area contributed by atoms with Gasteiger partial charge in [0.05, 0.1) is 0 Å². The highest BCUT2D eigenvalue weighted by atomic mass is 19.4. The number of rotatable bonds is 14. The first kappa shape index (κ1) is 31.1. The van der Waals surface area contributed by atoms with Gasteiger partial charge >= 0.3 is 29.9 Å². The molecule has 0 spiro atoms. The maximum absolute atomic E-state index is 16.1. The molecule has 0 N–H and O–H groups in total. The van der Waals surface area contributed by atoms with E-state index in [1.54, 1.807) is 0 Å². The Morgan fingerprint density at radius 3 is 0.875 bits per heavy atom. The van der Waals surface area contributed by atoms with Crippen molar-refractivity contribution in [1.29, 1.82) is 0 Å². The van der Waals surface area contributed by atoms with E-state index in [9.17, 15) is 39.5 Å². The van der Waals surface area contributed by atoms with Crippen molar-refractivity contribution in [2.75, 3.05) is 26.2 Å². The Morgan fingerprint density at radius 2 is 0.656 bits per heavy atom. The fourth-order valence-electron chi connectivity index (χ4n) is 3.27. The van der Waals surface area contributed by atoms with Gasteiger partial charge in [0, 0.05) is 26.2 Å². The molecule has 2 nitrogen and oxygen atoms in total. The van der Waals surface area contributed by atoms with Crippen LogP contribution in [0.1, 0.15) is 53.4 Å². The largest absolute Gasteiger partial charge is 0.460 e. The third kappa shape index (κ3) is 4.95. The van der Waals surface area contributed by atoms with Crippen molar-refractivity contribution in [1.82, 2.24) is 9.80 Å². The number of nitrogens with zero attached hydrogens (tertiary/aromatic N) is 2. The minimum absolute atomic E-state index is 0.0913. The van der Waals surface area contributed by atoms with Crippen LogP contribution in [0.15, 0.2) is 0 Å². The van der Waals surface area contributed by atoms with E-state index < -0.39 is 62.0 Å². The molecule has 0 aliphatic rings. The van der Waals surface area contributed by atoms with E-state index in [-0.39, 0.29) is 35.5 Å². The molecule has 0 aliphatic carbocycles. The summed E-state index contributed by atoms with van der Waals surface area (Å²) in [5.41, 5.74) is 0. The van der Waals surface area contributed by atoms with Crippen LogP contribution in [0.4, 0.5) is 52.7 Å². The molecule has 0 aromatic rings. The molecule has 0 saturated carbocycles. The van der Waals surface area contributed by atoms with Gasteiger partial charge < -0.3 is 0 Å². The zero-order valence-corrected chi connectivity index (χ0v) is 18.1. The van der Waals surface area contributed by atoms with Crippen LogP contribution in [0, 0.1) is 0 Å². The Labute approximate surface area is 178 Å². The molecular weight excluding hydrogens is 472 g/mol. The minimum Gasteiger partial charge on any atom is -0.253 e. The van der Waals surface area contributed by atoms with Gasteiger partial charge in [-0.25, -0.2) is 4.39 Å². The van der Waals surface area contributed by atoms with Crippen LogP contribution in [0.25, 0.3) is 0 Å². The Kier molecular flexibility index (Phi) is 10.3. The highest BCUT2D eigenvalue weighted by Gasteiger charge is 2.91. The van der Waals surface area contributed by atoms with Crippen molar-refractivity contribution in [2.45, 2.75) is 89.2 Å². The maximum Gasteiger partial charge on any atom is 0.460 e. The first-order valence-corrected chi connectivity index (χ1v) is 10.1. The molecule has 0 fully saturated rings. The summed E-state index contributed by atoms with van der Waals surface area (Å²) in [5.74, 6) is -34.1. The zero-order valence-electron chi connectivity index (χ0n) is 18.1. The number of alkyl halides is 12. The molecule has 0 bridgehead atoms. The molecule has 0 radical (unpaired) electrons. The summed E-state index contributed by atoms with van der Waals surface area (Å²) < 4.78 is 167. The average molecular weight is 500 g/mol. The molecule has 14 heteroatoms. The second-order valence-corrected chi connectivity index (χ2v) is 7.36. The smallest absolute Gasteiger partial charge is 0.253 e. The zero-order chi connectivity index (χ0) is 25.8. The molecule has 194 valence electrons. The van der Waals surface area contributed by atoms with Gasteiger partial charge in [0.1, 0.15) is 0 Å². The molecule has 0 atom stereocenters. The molecule has 0 aromatic carbocycles. The van der Waals surface area contributed by atoms with E-state index in [1.165, 1.54) is 27.7 Å². The van der Waals surface area contributed by atoms with E-state index in [1.807, 2.05) is 0 Å². The second-order valence-electron chi connectivity index (χ2n) is 7.36. The van der Waals surface area contributed by atoms with Gasteiger partial charge in [0.15, 0.2) is 0 Å². The fraction of sp³-hybridized carbons (Fsp3) is 1.00. The van der Waals surface area contributed by atoms with Gasteiger partial charge in [-0.3, -0.25) is 9.80 Å². The van der Waals surface area contributed by atoms with E-state index in [2.05, 4.69) is 0 Å². The van der Waals surface area contributed by atoms with Gasteiger partial charge in [-0.15, -0.1) is 0 Å². The molecule has 0 rings (SSSR count). The Hall–Kier alpha value is -0.920. The average Bonchev–Trinajstić information content (AvgIpc) is 2.65. The van der Waals surface area contributed by atoms with Crippen molar-refractivity contribution in [2.24, 2.45) is 0 Å². The van der Waals surface area contributed by atoms with Crippen molar-refractivity contribution in [3.05, 3.63) is 0 Å². The summed E-state index contributed by atoms with van der Waals surface area (Å²) in [6.45, 7) is 2.60. The van der Waals surface area contributed by atoms with E-state index in [0.29, 0.717) is 0 Å². The molecule has 0 saturated heterocycles. The summed E-state index contributed by atoms with van der Waals surface area (Å²) in [6, 6.07) is 0. The van der Waals surface area contributed by atoms with E-state index in [0.717, 1.165) is 0 Å². The number of hydrogen-bond donors (Lipinski definition) is 0. The van der Waals surface area contributed by atoms with Crippen LogP contribution >= 0.6 is 0 Å². The minimum atomic E-state index is -7.66.